The number of aromatic nitrogens is 1. The van der Waals surface area contributed by atoms with Crippen LogP contribution in [0.15, 0.2) is 12.1 Å². The molecule has 5 nitrogen and oxygen atoms in total. The van der Waals surface area contributed by atoms with Gasteiger partial charge in [0.2, 0.25) is 5.88 Å². The summed E-state index contributed by atoms with van der Waals surface area (Å²) in [5, 5.41) is 12.0. The molecule has 0 spiro atoms. The highest BCUT2D eigenvalue weighted by molar-refractivity contribution is 5.92. The first-order chi connectivity index (χ1) is 11.6. The highest BCUT2D eigenvalue weighted by Crippen LogP contribution is 2.44. The van der Waals surface area contributed by atoms with Gasteiger partial charge in [0.05, 0.1) is 12.7 Å². The van der Waals surface area contributed by atoms with Gasteiger partial charge in [-0.2, -0.15) is 5.26 Å². The van der Waals surface area contributed by atoms with E-state index in [0.29, 0.717) is 42.4 Å². The fourth-order valence-corrected chi connectivity index (χ4v) is 2.73. The highest BCUT2D eigenvalue weighted by atomic mass is 16.5. The molecular formula is C19H25N3O2. The second-order valence-electron chi connectivity index (χ2n) is 7.40. The lowest BCUT2D eigenvalue weighted by Gasteiger charge is -2.15. The second-order valence-corrected chi connectivity index (χ2v) is 7.40. The molecule has 2 aliphatic carbocycles. The summed E-state index contributed by atoms with van der Waals surface area (Å²) in [5.74, 6) is 1.81. The lowest BCUT2D eigenvalue weighted by atomic mass is 10.0. The lowest BCUT2D eigenvalue weighted by molar-refractivity contribution is 0.0935. The molecule has 1 N–H and O–H groups in total. The molecule has 5 heteroatoms. The van der Waals surface area contributed by atoms with Crippen molar-refractivity contribution < 1.29 is 9.53 Å². The standard InChI is InChI=1S/C19H25N3O2/c1-12(2)9-15(10-20)21-18(23)17-8-7-16(14-5-6-14)19(22-17)24-11-13-3-4-13/h7-8,12-15H,3-6,9,11H2,1-2H3,(H,21,23)/t15-/m1/s1. The maximum absolute atomic E-state index is 12.4. The minimum Gasteiger partial charge on any atom is -0.477 e. The maximum atomic E-state index is 12.4. The van der Waals surface area contributed by atoms with E-state index in [1.165, 1.54) is 12.8 Å². The highest BCUT2D eigenvalue weighted by Gasteiger charge is 2.30. The van der Waals surface area contributed by atoms with E-state index in [1.54, 1.807) is 6.07 Å². The summed E-state index contributed by atoms with van der Waals surface area (Å²) >= 11 is 0. The minimum atomic E-state index is -0.488. The van der Waals surface area contributed by atoms with Gasteiger partial charge in [-0.25, -0.2) is 4.98 Å². The molecule has 24 heavy (non-hydrogen) atoms. The predicted octanol–water partition coefficient (Wildman–Crippen LogP) is 3.42. The number of nitriles is 1. The van der Waals surface area contributed by atoms with Crippen molar-refractivity contribution in [2.75, 3.05) is 6.61 Å². The molecular weight excluding hydrogens is 302 g/mol. The summed E-state index contributed by atoms with van der Waals surface area (Å²) < 4.78 is 5.89. The molecule has 0 aromatic carbocycles. The summed E-state index contributed by atoms with van der Waals surface area (Å²) in [6.45, 7) is 4.75. The Balaban J connectivity index is 1.70. The van der Waals surface area contributed by atoms with Crippen LogP contribution in [0.1, 0.15) is 67.9 Å². The molecule has 128 valence electrons. The van der Waals surface area contributed by atoms with Gasteiger partial charge in [-0.3, -0.25) is 4.79 Å². The Morgan fingerprint density at radius 3 is 2.71 bits per heavy atom. The zero-order valence-electron chi connectivity index (χ0n) is 14.4. The first-order valence-electron chi connectivity index (χ1n) is 8.91. The number of carbonyl (C=O) groups is 1. The summed E-state index contributed by atoms with van der Waals surface area (Å²) in [4.78, 5) is 16.9. The summed E-state index contributed by atoms with van der Waals surface area (Å²) in [7, 11) is 0. The molecule has 0 aliphatic heterocycles. The molecule has 1 atom stereocenters. The van der Waals surface area contributed by atoms with Crippen molar-refractivity contribution >= 4 is 5.91 Å². The molecule has 1 heterocycles. The van der Waals surface area contributed by atoms with Gasteiger partial charge in [-0.1, -0.05) is 19.9 Å². The third kappa shape index (κ3) is 4.47. The number of amides is 1. The number of carbonyl (C=O) groups excluding carboxylic acids is 1. The first kappa shape index (κ1) is 16.8. The first-order valence-corrected chi connectivity index (χ1v) is 8.91. The summed E-state index contributed by atoms with van der Waals surface area (Å²) in [6, 6.07) is 5.37. The summed E-state index contributed by atoms with van der Waals surface area (Å²) in [6.07, 6.45) is 5.40. The number of ether oxygens (including phenoxy) is 1. The predicted molar refractivity (Wildman–Crippen MR) is 90.8 cm³/mol. The Bertz CT molecular complexity index is 643. The average molecular weight is 327 g/mol. The van der Waals surface area contributed by atoms with Crippen molar-refractivity contribution in [1.82, 2.24) is 10.3 Å². The average Bonchev–Trinajstić information content (AvgIpc) is 3.45. The van der Waals surface area contributed by atoms with Crippen LogP contribution in [0.4, 0.5) is 0 Å². The van der Waals surface area contributed by atoms with Crippen molar-refractivity contribution in [2.45, 2.75) is 57.9 Å². The quantitative estimate of drug-likeness (QED) is 0.794. The number of pyridine rings is 1. The molecule has 1 amide bonds. The SMILES string of the molecule is CC(C)C[C@H](C#N)NC(=O)c1ccc(C2CC2)c(OCC2CC2)n1. The third-order valence-electron chi connectivity index (χ3n) is 4.46. The van der Waals surface area contributed by atoms with Crippen LogP contribution in [0, 0.1) is 23.2 Å². The van der Waals surface area contributed by atoms with Crippen LogP contribution in [0.5, 0.6) is 5.88 Å². The van der Waals surface area contributed by atoms with Crippen LogP contribution in [-0.4, -0.2) is 23.5 Å². The van der Waals surface area contributed by atoms with Gasteiger partial charge < -0.3 is 10.1 Å². The van der Waals surface area contributed by atoms with Crippen molar-refractivity contribution in [2.24, 2.45) is 11.8 Å². The Morgan fingerprint density at radius 1 is 1.38 bits per heavy atom. The Morgan fingerprint density at radius 2 is 2.12 bits per heavy atom. The molecule has 1 aromatic rings. The number of rotatable bonds is 8. The fourth-order valence-electron chi connectivity index (χ4n) is 2.73. The molecule has 1 aromatic heterocycles. The normalized spacial score (nSPS) is 18.1. The Labute approximate surface area is 143 Å². The minimum absolute atomic E-state index is 0.305. The van der Waals surface area contributed by atoms with Crippen LogP contribution in [0.25, 0.3) is 0 Å². The van der Waals surface area contributed by atoms with Crippen LogP contribution in [-0.2, 0) is 0 Å². The lowest BCUT2D eigenvalue weighted by Crippen LogP contribution is -2.35. The van der Waals surface area contributed by atoms with E-state index in [1.807, 2.05) is 19.9 Å². The van der Waals surface area contributed by atoms with E-state index >= 15 is 0 Å². The molecule has 0 saturated heterocycles. The molecule has 0 bridgehead atoms. The molecule has 2 aliphatic rings. The van der Waals surface area contributed by atoms with Gasteiger partial charge in [-0.15, -0.1) is 0 Å². The molecule has 0 unspecified atom stereocenters. The van der Waals surface area contributed by atoms with Gasteiger partial charge in [0.1, 0.15) is 11.7 Å². The van der Waals surface area contributed by atoms with Crippen LogP contribution >= 0.6 is 0 Å². The second kappa shape index (κ2) is 7.21. The van der Waals surface area contributed by atoms with Crippen LogP contribution in [0.2, 0.25) is 0 Å². The van der Waals surface area contributed by atoms with Gasteiger partial charge >= 0.3 is 0 Å². The third-order valence-corrected chi connectivity index (χ3v) is 4.46. The van der Waals surface area contributed by atoms with E-state index < -0.39 is 6.04 Å². The van der Waals surface area contributed by atoms with Gasteiger partial charge in [0, 0.05) is 5.56 Å². The fraction of sp³-hybridized carbons (Fsp3) is 0.632. The number of nitrogens with one attached hydrogen (secondary N) is 1. The van der Waals surface area contributed by atoms with E-state index in [0.717, 1.165) is 18.4 Å². The van der Waals surface area contributed by atoms with E-state index in [9.17, 15) is 10.1 Å². The molecule has 2 saturated carbocycles. The smallest absolute Gasteiger partial charge is 0.271 e. The number of hydrogen-bond donors (Lipinski definition) is 1. The van der Waals surface area contributed by atoms with Gasteiger partial charge in [-0.05, 0) is 55.9 Å². The van der Waals surface area contributed by atoms with E-state index in [4.69, 9.17) is 4.74 Å². The molecule has 0 radical (unpaired) electrons. The number of nitrogens with zero attached hydrogens (tertiary/aromatic N) is 2. The van der Waals surface area contributed by atoms with E-state index in [2.05, 4.69) is 16.4 Å². The zero-order valence-corrected chi connectivity index (χ0v) is 14.4. The Kier molecular flexibility index (Phi) is 5.03. The van der Waals surface area contributed by atoms with Crippen molar-refractivity contribution in [3.63, 3.8) is 0 Å². The maximum Gasteiger partial charge on any atom is 0.271 e. The van der Waals surface area contributed by atoms with Crippen molar-refractivity contribution in [3.8, 4) is 11.9 Å². The zero-order chi connectivity index (χ0) is 17.1. The van der Waals surface area contributed by atoms with E-state index in [-0.39, 0.29) is 5.91 Å². The topological polar surface area (TPSA) is 75.0 Å². The number of hydrogen-bond acceptors (Lipinski definition) is 4. The molecule has 3 rings (SSSR count). The Hall–Kier alpha value is -2.09. The van der Waals surface area contributed by atoms with Crippen LogP contribution in [0.3, 0.4) is 0 Å². The van der Waals surface area contributed by atoms with Crippen molar-refractivity contribution in [1.29, 1.82) is 5.26 Å². The van der Waals surface area contributed by atoms with Crippen LogP contribution < -0.4 is 10.1 Å². The largest absolute Gasteiger partial charge is 0.477 e. The monoisotopic (exact) mass is 327 g/mol. The molecule has 2 fully saturated rings. The van der Waals surface area contributed by atoms with Crippen molar-refractivity contribution in [3.05, 3.63) is 23.4 Å². The van der Waals surface area contributed by atoms with Gasteiger partial charge in [0.25, 0.3) is 5.91 Å². The summed E-state index contributed by atoms with van der Waals surface area (Å²) in [5.41, 5.74) is 1.44. The van der Waals surface area contributed by atoms with Gasteiger partial charge in [0.15, 0.2) is 0 Å².